The fourth-order valence-corrected chi connectivity index (χ4v) is 1.69. The largest absolute Gasteiger partial charge is 0.491 e. The molecule has 0 aliphatic rings. The highest BCUT2D eigenvalue weighted by Gasteiger charge is 2.55. The Balaban J connectivity index is 0.000000615. The summed E-state index contributed by atoms with van der Waals surface area (Å²) in [6.45, 7) is 0.364. The minimum absolute atomic E-state index is 0.0221. The Bertz CT molecular complexity index is 813. The monoisotopic (exact) mass is 509 g/mol. The molecule has 1 aromatic rings. The summed E-state index contributed by atoms with van der Waals surface area (Å²) >= 11 is 9.68. The molecule has 2 N–H and O–H groups in total. The van der Waals surface area contributed by atoms with Crippen LogP contribution in [0.4, 0.5) is 45.2 Å². The van der Waals surface area contributed by atoms with Crippen LogP contribution in [0.15, 0.2) is 23.1 Å². The van der Waals surface area contributed by atoms with Crippen LogP contribution in [0.1, 0.15) is 6.92 Å². The van der Waals surface area contributed by atoms with Gasteiger partial charge in [0, 0.05) is 4.90 Å². The molecule has 1 rings (SSSR count). The predicted octanol–water partition coefficient (Wildman–Crippen LogP) is 4.06. The number of nitrogens with one attached hydrogen (secondary N) is 1. The second-order valence-electron chi connectivity index (χ2n) is 5.36. The molecule has 31 heavy (non-hydrogen) atoms. The number of thiol groups is 1. The first-order valence-corrected chi connectivity index (χ1v) is 7.92. The van der Waals surface area contributed by atoms with E-state index in [2.05, 4.69) is 17.4 Å². The normalized spacial score (nSPS) is 14.0. The van der Waals surface area contributed by atoms with E-state index in [4.69, 9.17) is 16.7 Å². The van der Waals surface area contributed by atoms with Crippen molar-refractivity contribution < 1.29 is 63.7 Å². The van der Waals surface area contributed by atoms with E-state index in [1.165, 1.54) is 18.2 Å². The fraction of sp³-hybridized carbons (Fsp3) is 0.357. The summed E-state index contributed by atoms with van der Waals surface area (Å²) in [6, 6.07) is 4.07. The minimum Gasteiger partial charge on any atom is -0.380 e. The van der Waals surface area contributed by atoms with E-state index in [9.17, 15) is 53.9 Å². The van der Waals surface area contributed by atoms with Crippen LogP contribution in [-0.4, -0.2) is 47.1 Å². The SMILES string of the molecule is C[C@@](O)(C(=O)Nc1ccc(S)cc1Cl)C(F)(F)F.O=C(OC(=O)C(F)(F)F)C(F)(F)F. The Hall–Kier alpha value is -2.20. The van der Waals surface area contributed by atoms with Crippen molar-refractivity contribution >= 4 is 47.8 Å². The summed E-state index contributed by atoms with van der Waals surface area (Å²) in [4.78, 5) is 31.2. The summed E-state index contributed by atoms with van der Waals surface area (Å²) in [7, 11) is 0. The molecule has 0 radical (unpaired) electrons. The number of ether oxygens (including phenoxy) is 1. The number of hydrogen-bond acceptors (Lipinski definition) is 6. The third-order valence-electron chi connectivity index (χ3n) is 2.84. The lowest BCUT2D eigenvalue weighted by atomic mass is 10.1. The zero-order valence-corrected chi connectivity index (χ0v) is 16.2. The molecule has 0 saturated heterocycles. The molecule has 0 aromatic heterocycles. The summed E-state index contributed by atoms with van der Waals surface area (Å²) in [5.41, 5.74) is -3.53. The number of carbonyl (C=O) groups is 3. The number of benzene rings is 1. The zero-order valence-electron chi connectivity index (χ0n) is 14.5. The van der Waals surface area contributed by atoms with Crippen molar-refractivity contribution in [3.05, 3.63) is 23.2 Å². The van der Waals surface area contributed by atoms with Gasteiger partial charge < -0.3 is 15.2 Å². The van der Waals surface area contributed by atoms with Gasteiger partial charge in [-0.3, -0.25) is 4.79 Å². The Morgan fingerprint density at radius 3 is 1.71 bits per heavy atom. The summed E-state index contributed by atoms with van der Waals surface area (Å²) in [5.74, 6) is -8.01. The van der Waals surface area contributed by atoms with Crippen LogP contribution in [0.3, 0.4) is 0 Å². The highest BCUT2D eigenvalue weighted by molar-refractivity contribution is 7.80. The van der Waals surface area contributed by atoms with Crippen molar-refractivity contribution in [1.29, 1.82) is 0 Å². The van der Waals surface area contributed by atoms with Crippen molar-refractivity contribution in [3.63, 3.8) is 0 Å². The summed E-state index contributed by atoms with van der Waals surface area (Å²) in [6.07, 6.45) is -16.3. The molecule has 17 heteroatoms. The molecule has 176 valence electrons. The third-order valence-corrected chi connectivity index (χ3v) is 3.43. The number of esters is 2. The second-order valence-corrected chi connectivity index (χ2v) is 6.28. The number of aliphatic hydroxyl groups is 1. The lowest BCUT2D eigenvalue weighted by Crippen LogP contribution is -2.52. The van der Waals surface area contributed by atoms with Crippen LogP contribution in [0.5, 0.6) is 0 Å². The van der Waals surface area contributed by atoms with E-state index < -0.39 is 42.0 Å². The Kier molecular flexibility index (Phi) is 9.24. The minimum atomic E-state index is -5.62. The number of carbonyl (C=O) groups excluding carboxylic acids is 3. The molecule has 1 aromatic carbocycles. The average molecular weight is 510 g/mol. The Labute approximate surface area is 176 Å². The van der Waals surface area contributed by atoms with E-state index in [1.54, 1.807) is 0 Å². The first kappa shape index (κ1) is 28.8. The standard InChI is InChI=1S/C10H9ClF3NO2S.C4F6O3/c1-9(17,10(12,13)14)8(16)15-7-3-2-5(18)4-6(7)11;5-3(6,7)1(11)13-2(12)4(8,9)10/h2-4,17-18H,1H3,(H,15,16);/t9-;/m1./s1. The molecule has 0 aliphatic heterocycles. The maximum Gasteiger partial charge on any atom is 0.491 e. The zero-order chi connectivity index (χ0) is 25.0. The fourth-order valence-electron chi connectivity index (χ4n) is 1.18. The topological polar surface area (TPSA) is 92.7 Å². The highest BCUT2D eigenvalue weighted by Crippen LogP contribution is 2.32. The van der Waals surface area contributed by atoms with Gasteiger partial charge in [-0.05, 0) is 25.1 Å². The van der Waals surface area contributed by atoms with Gasteiger partial charge in [0.1, 0.15) is 0 Å². The van der Waals surface area contributed by atoms with Gasteiger partial charge in [0.25, 0.3) is 5.91 Å². The van der Waals surface area contributed by atoms with Crippen LogP contribution in [0.25, 0.3) is 0 Å². The first-order chi connectivity index (χ1) is 13.6. The van der Waals surface area contributed by atoms with Gasteiger partial charge in [0.2, 0.25) is 5.60 Å². The average Bonchev–Trinajstić information content (AvgIpc) is 2.55. The van der Waals surface area contributed by atoms with Crippen LogP contribution >= 0.6 is 24.2 Å². The molecule has 0 saturated carbocycles. The van der Waals surface area contributed by atoms with E-state index >= 15 is 0 Å². The number of hydrogen-bond donors (Lipinski definition) is 3. The third kappa shape index (κ3) is 8.82. The summed E-state index contributed by atoms with van der Waals surface area (Å²) < 4.78 is 107. The summed E-state index contributed by atoms with van der Waals surface area (Å²) in [5, 5.41) is 11.1. The van der Waals surface area contributed by atoms with Gasteiger partial charge in [-0.15, -0.1) is 12.6 Å². The lowest BCUT2D eigenvalue weighted by Gasteiger charge is -2.25. The van der Waals surface area contributed by atoms with Crippen molar-refractivity contribution in [2.75, 3.05) is 5.32 Å². The van der Waals surface area contributed by atoms with Gasteiger partial charge in [0.05, 0.1) is 10.7 Å². The van der Waals surface area contributed by atoms with Crippen molar-refractivity contribution in [2.24, 2.45) is 0 Å². The molecule has 0 aliphatic carbocycles. The molecule has 6 nitrogen and oxygen atoms in total. The van der Waals surface area contributed by atoms with Gasteiger partial charge >= 0.3 is 30.5 Å². The molecular formula is C14H9ClF9NO5S. The highest BCUT2D eigenvalue weighted by atomic mass is 35.5. The quantitative estimate of drug-likeness (QED) is 0.242. The van der Waals surface area contributed by atoms with E-state index in [0.717, 1.165) is 0 Å². The van der Waals surface area contributed by atoms with Crippen molar-refractivity contribution in [1.82, 2.24) is 0 Å². The van der Waals surface area contributed by atoms with Crippen LogP contribution in [0.2, 0.25) is 5.02 Å². The maximum absolute atomic E-state index is 12.4. The molecular weight excluding hydrogens is 501 g/mol. The number of alkyl halides is 9. The second kappa shape index (κ2) is 9.95. The lowest BCUT2D eigenvalue weighted by molar-refractivity contribution is -0.242. The molecule has 0 spiro atoms. The molecule has 0 bridgehead atoms. The molecule has 1 amide bonds. The number of anilines is 1. The molecule has 0 heterocycles. The van der Waals surface area contributed by atoms with E-state index in [0.29, 0.717) is 11.8 Å². The van der Waals surface area contributed by atoms with Crippen molar-refractivity contribution in [3.8, 4) is 0 Å². The first-order valence-electron chi connectivity index (χ1n) is 7.10. The van der Waals surface area contributed by atoms with Gasteiger partial charge in [-0.2, -0.15) is 39.5 Å². The van der Waals surface area contributed by atoms with E-state index in [-0.39, 0.29) is 10.7 Å². The molecule has 0 fully saturated rings. The van der Waals surface area contributed by atoms with Gasteiger partial charge in [0.15, 0.2) is 0 Å². The van der Waals surface area contributed by atoms with Gasteiger partial charge in [-0.1, -0.05) is 11.6 Å². The van der Waals surface area contributed by atoms with Crippen LogP contribution < -0.4 is 5.32 Å². The smallest absolute Gasteiger partial charge is 0.380 e. The Morgan fingerprint density at radius 2 is 1.39 bits per heavy atom. The number of amides is 1. The van der Waals surface area contributed by atoms with E-state index in [1.807, 2.05) is 5.32 Å². The van der Waals surface area contributed by atoms with Crippen LogP contribution in [0, 0.1) is 0 Å². The number of halogens is 10. The number of rotatable bonds is 2. The van der Waals surface area contributed by atoms with Crippen molar-refractivity contribution in [2.45, 2.75) is 35.9 Å². The van der Waals surface area contributed by atoms with Crippen LogP contribution in [-0.2, 0) is 19.1 Å². The molecule has 1 atom stereocenters. The Morgan fingerprint density at radius 1 is 0.968 bits per heavy atom. The molecule has 0 unspecified atom stereocenters. The predicted molar refractivity (Wildman–Crippen MR) is 87.2 cm³/mol. The van der Waals surface area contributed by atoms with Gasteiger partial charge in [-0.25, -0.2) is 9.59 Å². The maximum atomic E-state index is 12.4.